The second-order valence-corrected chi connectivity index (χ2v) is 35.2. The molecule has 0 spiro atoms. The predicted molar refractivity (Wildman–Crippen MR) is 476 cm³/mol. The molecule has 4 aromatic heterocycles. The number of unbranched alkanes of at least 4 members (excludes halogenated alkanes) is 12. The van der Waals surface area contributed by atoms with Crippen LogP contribution < -0.4 is 0 Å². The molecule has 12 aromatic rings. The zero-order valence-electron chi connectivity index (χ0n) is 66.3. The maximum atomic E-state index is 15.4. The van der Waals surface area contributed by atoms with E-state index in [4.69, 9.17) is 32.1 Å². The Hall–Kier alpha value is -10.6. The van der Waals surface area contributed by atoms with Gasteiger partial charge in [0.05, 0.1) is 91.4 Å². The number of Topliss-reactive ketones (excluding diaryl/α,β-unsaturated/α-hetero) is 2. The van der Waals surface area contributed by atoms with Gasteiger partial charge in [-0.25, -0.2) is 20.2 Å². The number of ether oxygens (including phenoxy) is 4. The van der Waals surface area contributed by atoms with Crippen molar-refractivity contribution < 1.29 is 28.5 Å². The third-order valence-corrected chi connectivity index (χ3v) is 28.5. The molecule has 4 heterocycles. The van der Waals surface area contributed by atoms with Crippen LogP contribution in [0.25, 0.3) is 83.4 Å². The Morgan fingerprint density at radius 3 is 0.948 bits per heavy atom. The van der Waals surface area contributed by atoms with Gasteiger partial charge in [0.1, 0.15) is 0 Å². The van der Waals surface area contributed by atoms with Crippen molar-refractivity contribution in [1.29, 1.82) is 10.5 Å². The summed E-state index contributed by atoms with van der Waals surface area (Å²) >= 11 is 6.94. The van der Waals surface area contributed by atoms with Crippen molar-refractivity contribution in [3.05, 3.63) is 326 Å². The average Bonchev–Trinajstić information content (AvgIpc) is 1.48. The number of benzene rings is 8. The molecule has 0 N–H and O–H groups in total. The number of nitrogens with zero attached hydrogens (tertiary/aromatic N) is 4. The zero-order chi connectivity index (χ0) is 79.9. The number of carbonyl (C=O) groups is 2. The number of hydrogen-bond donors (Lipinski definition) is 0. The van der Waals surface area contributed by atoms with Crippen LogP contribution in [0.4, 0.5) is 0 Å². The third-order valence-electron chi connectivity index (χ3n) is 23.5. The van der Waals surface area contributed by atoms with Crippen LogP contribution in [-0.4, -0.2) is 38.0 Å². The molecule has 0 radical (unpaired) electrons. The molecule has 14 heteroatoms. The van der Waals surface area contributed by atoms with Gasteiger partial charge in [-0.1, -0.05) is 250 Å². The second-order valence-electron chi connectivity index (χ2n) is 31.0. The van der Waals surface area contributed by atoms with Crippen molar-refractivity contribution in [2.24, 2.45) is 0 Å². The SMILES string of the molecule is [C-]#[N+]C(C#N)=C1/C(=C/c2cc3c(s2)-c2sc4c5c(sc4c2C3(c2ccc(COCCCCCC)cc2)c2ccc(COCCCCCC)cc2)-c2sc(/C=C3\C(=O)c4cc6ccccc6cc4\C3=C(\C#N)[N+]#[C-])cc2C5(c2ccc(COCCCCCC)cc2)c2ccc(COCCCCCC)cc2)C(=O)c2cc3ccccc3cc21. The van der Waals surface area contributed by atoms with E-state index in [0.717, 1.165) is 193 Å². The highest BCUT2D eigenvalue weighted by Crippen LogP contribution is 2.70. The molecule has 0 unspecified atom stereocenters. The van der Waals surface area contributed by atoms with Crippen LogP contribution in [0.15, 0.2) is 205 Å². The zero-order valence-corrected chi connectivity index (χ0v) is 69.6. The first-order valence-electron chi connectivity index (χ1n) is 41.2. The summed E-state index contributed by atoms with van der Waals surface area (Å²) in [5.41, 5.74) is 14.2. The van der Waals surface area contributed by atoms with Crippen molar-refractivity contribution in [2.45, 2.75) is 168 Å². The summed E-state index contributed by atoms with van der Waals surface area (Å²) in [7, 11) is 0. The number of fused-ring (bicyclic) bond motifs is 13. The average molecular weight is 1600 g/mol. The fourth-order valence-corrected chi connectivity index (χ4v) is 23.4. The minimum absolute atomic E-state index is 0.134. The first-order chi connectivity index (χ1) is 57.0. The van der Waals surface area contributed by atoms with E-state index >= 15 is 9.59 Å². The van der Waals surface area contributed by atoms with E-state index in [1.165, 1.54) is 36.8 Å². The lowest BCUT2D eigenvalue weighted by Gasteiger charge is -2.34. The van der Waals surface area contributed by atoms with Crippen molar-refractivity contribution in [3.63, 3.8) is 0 Å². The minimum atomic E-state index is -0.985. The van der Waals surface area contributed by atoms with Crippen LogP contribution in [0, 0.1) is 35.8 Å². The first kappa shape index (κ1) is 79.3. The monoisotopic (exact) mass is 1600 g/mol. The first-order valence-corrected chi connectivity index (χ1v) is 44.5. The number of rotatable bonds is 34. The van der Waals surface area contributed by atoms with Gasteiger partial charge < -0.3 is 18.9 Å². The van der Waals surface area contributed by atoms with Crippen LogP contribution in [0.2, 0.25) is 0 Å². The minimum Gasteiger partial charge on any atom is -0.377 e. The Labute approximate surface area is 697 Å². The second kappa shape index (κ2) is 35.5. The summed E-state index contributed by atoms with van der Waals surface area (Å²) in [4.78, 5) is 44.3. The largest absolute Gasteiger partial charge is 0.377 e. The van der Waals surface area contributed by atoms with E-state index in [1.807, 2.05) is 108 Å². The predicted octanol–water partition coefficient (Wildman–Crippen LogP) is 27.4. The normalized spacial score (nSPS) is 15.6. The standard InChI is InChI=1S/C102H92N4O6S4/c1-7-11-15-23-47-109-61-65-31-39-73(40-32-65)101(74-41-33-66(34-42-74)62-110-48-24-16-12-8-2)85-57-77(55-83-89(87(59-103)105-5)79-51-69-27-19-21-29-71(69)53-81(79)93(83)107)113-95(85)97-91(101)99-100(115-97)92-98(116-99)96-86(58-78(114-96)56-84-90(88(60-104)106-6)80-52-70-28-20-22-30-72(70)54-82(80)94(84)108)102(92,75-43-35-67(36-44-75)63-111-49-25-17-13-9-3)76-45-37-68(38-46-76)64-112-50-26-18-14-10-4/h19-22,27-46,51-58H,7-18,23-26,47-50,61-64H2,1-4H3/b83-55-,84-56-,89-87+,90-88?. The quantitative estimate of drug-likeness (QED) is 0.0169. The molecule has 4 aliphatic rings. The summed E-state index contributed by atoms with van der Waals surface area (Å²) < 4.78 is 28.0. The fraction of sp³-hybridized carbons (Fsp3) is 0.294. The van der Waals surface area contributed by atoms with Gasteiger partial charge >= 0.3 is 0 Å². The van der Waals surface area contributed by atoms with E-state index in [9.17, 15) is 10.5 Å². The lowest BCUT2D eigenvalue weighted by atomic mass is 9.67. The Morgan fingerprint density at radius 1 is 0.379 bits per heavy atom. The molecule has 10 nitrogen and oxygen atoms in total. The molecule has 0 saturated heterocycles. The maximum absolute atomic E-state index is 15.4. The maximum Gasteiger partial charge on any atom is 0.270 e. The van der Waals surface area contributed by atoms with E-state index in [-0.39, 0.29) is 23.0 Å². The molecule has 0 amide bonds. The van der Waals surface area contributed by atoms with Crippen molar-refractivity contribution in [2.75, 3.05) is 26.4 Å². The summed E-state index contributed by atoms with van der Waals surface area (Å²) in [5, 5.41) is 25.2. The molecule has 580 valence electrons. The Balaban J connectivity index is 0.948. The summed E-state index contributed by atoms with van der Waals surface area (Å²) in [6, 6.07) is 68.7. The van der Waals surface area contributed by atoms with Gasteiger partial charge in [0.25, 0.3) is 11.4 Å². The number of nitriles is 2. The van der Waals surface area contributed by atoms with Gasteiger partial charge in [-0.2, -0.15) is 0 Å². The van der Waals surface area contributed by atoms with Gasteiger partial charge in [0.15, 0.2) is 11.6 Å². The van der Waals surface area contributed by atoms with Crippen molar-refractivity contribution in [1.82, 2.24) is 0 Å². The molecule has 0 aliphatic heterocycles. The molecular formula is C102H92N4O6S4. The lowest BCUT2D eigenvalue weighted by molar-refractivity contribution is 0.103. The molecular weight excluding hydrogens is 1510 g/mol. The molecule has 0 atom stereocenters. The summed E-state index contributed by atoms with van der Waals surface area (Å²) in [6.45, 7) is 30.3. The van der Waals surface area contributed by atoms with Gasteiger partial charge in [0.2, 0.25) is 0 Å². The molecule has 116 heavy (non-hydrogen) atoms. The van der Waals surface area contributed by atoms with E-state index in [1.54, 1.807) is 22.7 Å². The summed E-state index contributed by atoms with van der Waals surface area (Å²) in [5.74, 6) is -0.461. The van der Waals surface area contributed by atoms with Crippen LogP contribution in [0.1, 0.15) is 239 Å². The highest BCUT2D eigenvalue weighted by Gasteiger charge is 2.55. The molecule has 0 bridgehead atoms. The molecule has 4 aliphatic carbocycles. The highest BCUT2D eigenvalue weighted by molar-refractivity contribution is 7.34. The molecule has 16 rings (SSSR count). The Kier molecular flexibility index (Phi) is 24.3. The smallest absolute Gasteiger partial charge is 0.270 e. The van der Waals surface area contributed by atoms with Crippen LogP contribution in [0.3, 0.4) is 0 Å². The number of hydrogen-bond acceptors (Lipinski definition) is 12. The van der Waals surface area contributed by atoms with Gasteiger partial charge in [-0.15, -0.1) is 45.3 Å². The third kappa shape index (κ3) is 14.7. The molecule has 8 aromatic carbocycles. The number of thiophene rings is 4. The molecule has 0 fully saturated rings. The van der Waals surface area contributed by atoms with E-state index < -0.39 is 10.8 Å². The van der Waals surface area contributed by atoms with Crippen LogP contribution >= 0.6 is 45.3 Å². The molecule has 0 saturated carbocycles. The van der Waals surface area contributed by atoms with Crippen LogP contribution in [0.5, 0.6) is 0 Å². The fourth-order valence-electron chi connectivity index (χ4n) is 17.7. The number of carbonyl (C=O) groups excluding carboxylic acids is 2. The lowest BCUT2D eigenvalue weighted by Crippen LogP contribution is -2.29. The van der Waals surface area contributed by atoms with Gasteiger partial charge in [-0.3, -0.25) is 9.59 Å². The number of ketones is 2. The van der Waals surface area contributed by atoms with Gasteiger partial charge in [0, 0.05) is 80.7 Å². The van der Waals surface area contributed by atoms with E-state index in [2.05, 4.69) is 159 Å². The topological polar surface area (TPSA) is 127 Å². The highest BCUT2D eigenvalue weighted by atomic mass is 32.1. The van der Waals surface area contributed by atoms with Crippen molar-refractivity contribution >= 4 is 111 Å². The van der Waals surface area contributed by atoms with E-state index in [0.29, 0.717) is 97.4 Å². The van der Waals surface area contributed by atoms with Crippen LogP contribution in [-0.2, 0) is 56.2 Å². The Bertz CT molecular complexity index is 5550. The number of allylic oxidation sites excluding steroid dienone is 6. The Morgan fingerprint density at radius 2 is 0.672 bits per heavy atom. The van der Waals surface area contributed by atoms with Crippen molar-refractivity contribution in [3.8, 4) is 31.6 Å². The summed E-state index contributed by atoms with van der Waals surface area (Å²) in [6.07, 6.45) is 21.7. The van der Waals surface area contributed by atoms with Gasteiger partial charge in [-0.05, 0) is 163 Å².